The van der Waals surface area contributed by atoms with Gasteiger partial charge in [0.1, 0.15) is 10.8 Å². The number of benzene rings is 1. The van der Waals surface area contributed by atoms with Crippen LogP contribution in [-0.2, 0) is 0 Å². The summed E-state index contributed by atoms with van der Waals surface area (Å²) in [6, 6.07) is 6.66. The van der Waals surface area contributed by atoms with Crippen LogP contribution >= 0.6 is 11.6 Å². The number of anilines is 1. The van der Waals surface area contributed by atoms with Crippen molar-refractivity contribution in [3.8, 4) is 0 Å². The van der Waals surface area contributed by atoms with Gasteiger partial charge in [-0.25, -0.2) is 4.98 Å². The summed E-state index contributed by atoms with van der Waals surface area (Å²) < 4.78 is 0. The van der Waals surface area contributed by atoms with Gasteiger partial charge in [-0.15, -0.1) is 0 Å². The lowest BCUT2D eigenvalue weighted by Crippen LogP contribution is -2.22. The summed E-state index contributed by atoms with van der Waals surface area (Å²) in [6.07, 6.45) is 2.63. The van der Waals surface area contributed by atoms with Crippen LogP contribution in [0.5, 0.6) is 0 Å². The number of aromatic nitrogens is 2. The number of halogens is 1. The highest BCUT2D eigenvalue weighted by Gasteiger charge is 2.14. The zero-order valence-corrected chi connectivity index (χ0v) is 11.3. The zero-order chi connectivity index (χ0) is 14.5. The highest BCUT2D eigenvalue weighted by atomic mass is 35.5. The molecule has 2 amide bonds. The first-order valence-corrected chi connectivity index (χ1v) is 6.09. The van der Waals surface area contributed by atoms with E-state index in [1.165, 1.54) is 19.4 Å². The van der Waals surface area contributed by atoms with Crippen molar-refractivity contribution in [3.63, 3.8) is 0 Å². The van der Waals surface area contributed by atoms with Crippen LogP contribution < -0.4 is 10.6 Å². The molecule has 0 aliphatic rings. The van der Waals surface area contributed by atoms with E-state index in [0.29, 0.717) is 11.3 Å². The van der Waals surface area contributed by atoms with Gasteiger partial charge in [-0.2, -0.15) is 0 Å². The fraction of sp³-hybridized carbons (Fsp3) is 0.0769. The number of nitrogens with one attached hydrogen (secondary N) is 2. The van der Waals surface area contributed by atoms with Gasteiger partial charge in [-0.3, -0.25) is 14.6 Å². The van der Waals surface area contributed by atoms with Gasteiger partial charge in [0.05, 0.1) is 23.6 Å². The van der Waals surface area contributed by atoms with Gasteiger partial charge in [0, 0.05) is 7.05 Å². The second-order valence-corrected chi connectivity index (χ2v) is 4.19. The summed E-state index contributed by atoms with van der Waals surface area (Å²) in [7, 11) is 1.52. The van der Waals surface area contributed by atoms with Gasteiger partial charge in [-0.1, -0.05) is 23.7 Å². The van der Waals surface area contributed by atoms with Gasteiger partial charge < -0.3 is 10.6 Å². The van der Waals surface area contributed by atoms with Crippen molar-refractivity contribution in [3.05, 3.63) is 53.1 Å². The first kappa shape index (κ1) is 14.0. The minimum absolute atomic E-state index is 0.0733. The van der Waals surface area contributed by atoms with Crippen LogP contribution in [0.15, 0.2) is 36.7 Å². The van der Waals surface area contributed by atoms with E-state index >= 15 is 0 Å². The molecule has 0 saturated heterocycles. The summed E-state index contributed by atoms with van der Waals surface area (Å²) in [6.45, 7) is 0. The minimum Gasteiger partial charge on any atom is -0.355 e. The maximum atomic E-state index is 12.0. The Kier molecular flexibility index (Phi) is 4.27. The van der Waals surface area contributed by atoms with E-state index in [1.54, 1.807) is 24.3 Å². The molecule has 2 N–H and O–H groups in total. The van der Waals surface area contributed by atoms with Gasteiger partial charge >= 0.3 is 0 Å². The molecule has 1 aromatic carbocycles. The van der Waals surface area contributed by atoms with E-state index < -0.39 is 5.91 Å². The largest absolute Gasteiger partial charge is 0.355 e. The van der Waals surface area contributed by atoms with Crippen molar-refractivity contribution in [2.24, 2.45) is 0 Å². The molecule has 102 valence electrons. The molecule has 0 aliphatic heterocycles. The highest BCUT2D eigenvalue weighted by Crippen LogP contribution is 2.16. The summed E-state index contributed by atoms with van der Waals surface area (Å²) >= 11 is 5.68. The number of carbonyl (C=O) groups excluding carboxylic acids is 2. The predicted octanol–water partition coefficient (Wildman–Crippen LogP) is 1.74. The van der Waals surface area contributed by atoms with E-state index in [9.17, 15) is 9.59 Å². The molecule has 0 aliphatic carbocycles. The Hall–Kier alpha value is -2.47. The van der Waals surface area contributed by atoms with Gasteiger partial charge in [0.2, 0.25) is 0 Å². The number of hydrogen-bond donors (Lipinski definition) is 2. The molecule has 2 aromatic rings. The molecule has 7 heteroatoms. The standard InChI is InChI=1S/C13H11ClN4O2/c1-15-12(19)8-4-2-3-5-9(8)18-13(20)10-6-16-7-11(14)17-10/h2-7H,1H3,(H,15,19)(H,18,20). The number of nitrogens with zero attached hydrogens (tertiary/aromatic N) is 2. The van der Waals surface area contributed by atoms with Crippen LogP contribution in [0.25, 0.3) is 0 Å². The molecule has 0 saturated carbocycles. The normalized spacial score (nSPS) is 9.90. The lowest BCUT2D eigenvalue weighted by Gasteiger charge is -2.09. The maximum absolute atomic E-state index is 12.0. The molecule has 0 fully saturated rings. The Morgan fingerprint density at radius 3 is 2.60 bits per heavy atom. The molecule has 0 unspecified atom stereocenters. The average molecular weight is 291 g/mol. The number of para-hydroxylation sites is 1. The van der Waals surface area contributed by atoms with Crippen molar-refractivity contribution < 1.29 is 9.59 Å². The highest BCUT2D eigenvalue weighted by molar-refractivity contribution is 6.29. The number of amides is 2. The maximum Gasteiger partial charge on any atom is 0.275 e. The average Bonchev–Trinajstić information content (AvgIpc) is 2.47. The first-order valence-electron chi connectivity index (χ1n) is 5.72. The Bertz CT molecular complexity index is 660. The Morgan fingerprint density at radius 1 is 1.15 bits per heavy atom. The van der Waals surface area contributed by atoms with Crippen LogP contribution in [-0.4, -0.2) is 28.8 Å². The second kappa shape index (κ2) is 6.12. The third kappa shape index (κ3) is 3.10. The number of rotatable bonds is 3. The Labute approximate surface area is 120 Å². The van der Waals surface area contributed by atoms with Crippen LogP contribution in [0.1, 0.15) is 20.8 Å². The molecule has 6 nitrogen and oxygen atoms in total. The van der Waals surface area contributed by atoms with Crippen LogP contribution in [0, 0.1) is 0 Å². The fourth-order valence-corrected chi connectivity index (χ4v) is 1.71. The molecule has 0 atom stereocenters. The quantitative estimate of drug-likeness (QED) is 0.902. The summed E-state index contributed by atoms with van der Waals surface area (Å²) in [4.78, 5) is 31.4. The van der Waals surface area contributed by atoms with Crippen molar-refractivity contribution in [1.82, 2.24) is 15.3 Å². The number of carbonyl (C=O) groups is 2. The van der Waals surface area contributed by atoms with E-state index in [2.05, 4.69) is 20.6 Å². The van der Waals surface area contributed by atoms with Gasteiger partial charge in [0.25, 0.3) is 11.8 Å². The molecule has 0 bridgehead atoms. The predicted molar refractivity (Wildman–Crippen MR) is 74.8 cm³/mol. The van der Waals surface area contributed by atoms with Crippen LogP contribution in [0.2, 0.25) is 5.15 Å². The van der Waals surface area contributed by atoms with E-state index in [-0.39, 0.29) is 16.8 Å². The third-order valence-electron chi connectivity index (χ3n) is 2.48. The van der Waals surface area contributed by atoms with Crippen molar-refractivity contribution in [1.29, 1.82) is 0 Å². The lowest BCUT2D eigenvalue weighted by atomic mass is 10.1. The molecule has 0 radical (unpaired) electrons. The third-order valence-corrected chi connectivity index (χ3v) is 2.67. The fourth-order valence-electron chi connectivity index (χ4n) is 1.56. The number of hydrogen-bond acceptors (Lipinski definition) is 4. The summed E-state index contributed by atoms with van der Waals surface area (Å²) in [5.74, 6) is -0.783. The summed E-state index contributed by atoms with van der Waals surface area (Å²) in [5.41, 5.74) is 0.821. The van der Waals surface area contributed by atoms with Gasteiger partial charge in [0.15, 0.2) is 0 Å². The Balaban J connectivity index is 2.26. The van der Waals surface area contributed by atoms with Gasteiger partial charge in [-0.05, 0) is 12.1 Å². The summed E-state index contributed by atoms with van der Waals surface area (Å²) in [5, 5.41) is 5.24. The van der Waals surface area contributed by atoms with Crippen molar-refractivity contribution in [2.75, 3.05) is 12.4 Å². The van der Waals surface area contributed by atoms with E-state index in [0.717, 1.165) is 0 Å². The van der Waals surface area contributed by atoms with Crippen LogP contribution in [0.3, 0.4) is 0 Å². The second-order valence-electron chi connectivity index (χ2n) is 3.81. The molecule has 20 heavy (non-hydrogen) atoms. The lowest BCUT2D eigenvalue weighted by molar-refractivity contribution is 0.0964. The minimum atomic E-state index is -0.489. The van der Waals surface area contributed by atoms with Crippen LogP contribution in [0.4, 0.5) is 5.69 Å². The smallest absolute Gasteiger partial charge is 0.275 e. The Morgan fingerprint density at radius 2 is 1.90 bits per heavy atom. The first-order chi connectivity index (χ1) is 9.61. The molecular formula is C13H11ClN4O2. The topological polar surface area (TPSA) is 84.0 Å². The van der Waals surface area contributed by atoms with Crippen molar-refractivity contribution in [2.45, 2.75) is 0 Å². The van der Waals surface area contributed by atoms with E-state index in [1.807, 2.05) is 0 Å². The zero-order valence-electron chi connectivity index (χ0n) is 10.6. The SMILES string of the molecule is CNC(=O)c1ccccc1NC(=O)c1cncc(Cl)n1. The molecule has 0 spiro atoms. The van der Waals surface area contributed by atoms with Crippen molar-refractivity contribution >= 4 is 29.1 Å². The molecule has 1 aromatic heterocycles. The van der Waals surface area contributed by atoms with E-state index in [4.69, 9.17) is 11.6 Å². The molecular weight excluding hydrogens is 280 g/mol. The monoisotopic (exact) mass is 290 g/mol. The molecule has 1 heterocycles. The molecule has 2 rings (SSSR count).